The van der Waals surface area contributed by atoms with Gasteiger partial charge in [-0.3, -0.25) is 19.4 Å². The molecule has 3 heterocycles. The van der Waals surface area contributed by atoms with Crippen LogP contribution >= 0.6 is 0 Å². The molecule has 3 atom stereocenters. The molecule has 0 unspecified atom stereocenters. The maximum absolute atomic E-state index is 12.4. The lowest BCUT2D eigenvalue weighted by Crippen LogP contribution is -2.61. The van der Waals surface area contributed by atoms with Gasteiger partial charge in [0.1, 0.15) is 5.70 Å². The summed E-state index contributed by atoms with van der Waals surface area (Å²) >= 11 is 0. The van der Waals surface area contributed by atoms with Crippen LogP contribution in [0.3, 0.4) is 0 Å². The first-order valence-corrected chi connectivity index (χ1v) is 10.8. The van der Waals surface area contributed by atoms with Crippen LogP contribution in [0, 0.1) is 5.92 Å². The molecular weight excluding hydrogens is 440 g/mol. The van der Waals surface area contributed by atoms with Gasteiger partial charge in [-0.1, -0.05) is 24.3 Å². The smallest absolute Gasteiger partial charge is 0.352 e. The van der Waals surface area contributed by atoms with Gasteiger partial charge in [-0.05, 0) is 42.2 Å². The van der Waals surface area contributed by atoms with Crippen LogP contribution in [-0.4, -0.2) is 62.5 Å². The summed E-state index contributed by atoms with van der Waals surface area (Å²) in [4.78, 5) is 53.5. The second-order valence-corrected chi connectivity index (χ2v) is 8.31. The van der Waals surface area contributed by atoms with Crippen molar-refractivity contribution in [2.45, 2.75) is 31.9 Å². The lowest BCUT2D eigenvalue weighted by atomic mass is 9.82. The molecule has 4 rings (SSSR count). The zero-order chi connectivity index (χ0) is 24.4. The van der Waals surface area contributed by atoms with Crippen molar-refractivity contribution in [2.75, 3.05) is 11.9 Å². The maximum atomic E-state index is 12.4. The van der Waals surface area contributed by atoms with E-state index in [9.17, 15) is 29.4 Å². The molecule has 2 aliphatic heterocycles. The van der Waals surface area contributed by atoms with E-state index in [2.05, 4.69) is 15.6 Å². The Morgan fingerprint density at radius 2 is 1.79 bits per heavy atom. The van der Waals surface area contributed by atoms with Crippen molar-refractivity contribution in [2.24, 2.45) is 5.92 Å². The lowest BCUT2D eigenvalue weighted by Gasteiger charge is -2.44. The van der Waals surface area contributed by atoms with Crippen LogP contribution in [0.1, 0.15) is 24.5 Å². The van der Waals surface area contributed by atoms with Crippen LogP contribution in [-0.2, 0) is 25.6 Å². The molecule has 3 amide bonds. The number of carbonyl (C=O) groups excluding carboxylic acids is 3. The van der Waals surface area contributed by atoms with Gasteiger partial charge in [0, 0.05) is 18.1 Å². The molecule has 1 aromatic carbocycles. The summed E-state index contributed by atoms with van der Waals surface area (Å²) in [7, 11) is 0. The number of amides is 3. The first-order chi connectivity index (χ1) is 16.3. The van der Waals surface area contributed by atoms with Gasteiger partial charge in [0.2, 0.25) is 17.7 Å². The largest absolute Gasteiger partial charge is 0.477 e. The van der Waals surface area contributed by atoms with E-state index >= 15 is 0 Å². The number of aromatic nitrogens is 1. The van der Waals surface area contributed by atoms with Gasteiger partial charge in [0.25, 0.3) is 0 Å². The van der Waals surface area contributed by atoms with E-state index in [1.54, 1.807) is 48.8 Å². The van der Waals surface area contributed by atoms with Crippen molar-refractivity contribution < 1.29 is 29.4 Å². The average Bonchev–Trinajstić information content (AvgIpc) is 3.14. The minimum atomic E-state index is -1.19. The molecule has 1 fully saturated rings. The first kappa shape index (κ1) is 23.1. The molecule has 4 N–H and O–H groups in total. The number of aliphatic carboxylic acids is 1. The van der Waals surface area contributed by atoms with Crippen molar-refractivity contribution >= 4 is 35.0 Å². The molecule has 0 bridgehead atoms. The Hall–Kier alpha value is -4.05. The van der Waals surface area contributed by atoms with Crippen molar-refractivity contribution in [1.82, 2.24) is 15.2 Å². The molecule has 0 spiro atoms. The van der Waals surface area contributed by atoms with Gasteiger partial charge in [0.15, 0.2) is 0 Å². The van der Waals surface area contributed by atoms with Gasteiger partial charge in [-0.25, -0.2) is 4.79 Å². The number of aliphatic hydroxyl groups is 1. The van der Waals surface area contributed by atoms with Gasteiger partial charge in [-0.15, -0.1) is 0 Å². The molecular formula is C24H24N4O6. The van der Waals surface area contributed by atoms with E-state index in [1.807, 2.05) is 0 Å². The van der Waals surface area contributed by atoms with E-state index in [-0.39, 0.29) is 42.4 Å². The number of hydrogen-bond donors (Lipinski definition) is 4. The van der Waals surface area contributed by atoms with E-state index < -0.39 is 18.0 Å². The van der Waals surface area contributed by atoms with Crippen LogP contribution in [0.4, 0.5) is 5.69 Å². The topological polar surface area (TPSA) is 149 Å². The highest BCUT2D eigenvalue weighted by Gasteiger charge is 2.56. The number of anilines is 1. The Balaban J connectivity index is 1.37. The van der Waals surface area contributed by atoms with Crippen molar-refractivity contribution in [1.29, 1.82) is 0 Å². The van der Waals surface area contributed by atoms with Crippen LogP contribution in [0.15, 0.2) is 54.5 Å². The quantitative estimate of drug-likeness (QED) is 0.422. The van der Waals surface area contributed by atoms with E-state index in [0.29, 0.717) is 28.8 Å². The Bertz CT molecular complexity index is 1160. The summed E-state index contributed by atoms with van der Waals surface area (Å²) in [6.07, 6.45) is 2.63. The van der Waals surface area contributed by atoms with Crippen LogP contribution < -0.4 is 10.6 Å². The number of fused-ring (bicyclic) bond motifs is 1. The summed E-state index contributed by atoms with van der Waals surface area (Å²) in [6, 6.07) is 9.76. The summed E-state index contributed by atoms with van der Waals surface area (Å²) in [5.74, 6) is -2.87. The molecule has 0 radical (unpaired) electrons. The normalized spacial score (nSPS) is 19.8. The number of nitrogens with one attached hydrogen (secondary N) is 2. The predicted molar refractivity (Wildman–Crippen MR) is 121 cm³/mol. The van der Waals surface area contributed by atoms with E-state index in [1.165, 1.54) is 11.8 Å². The zero-order valence-corrected chi connectivity index (χ0v) is 18.4. The van der Waals surface area contributed by atoms with E-state index in [4.69, 9.17) is 0 Å². The Kier molecular flexibility index (Phi) is 6.42. The number of carboxylic acids is 1. The summed E-state index contributed by atoms with van der Waals surface area (Å²) in [6.45, 7) is 1.35. The van der Waals surface area contributed by atoms with Crippen molar-refractivity contribution in [3.63, 3.8) is 0 Å². The number of nitrogens with zero attached hydrogens (tertiary/aromatic N) is 2. The van der Waals surface area contributed by atoms with Gasteiger partial charge < -0.3 is 25.7 Å². The van der Waals surface area contributed by atoms with Crippen LogP contribution in [0.25, 0.3) is 5.57 Å². The first-order valence-electron chi connectivity index (χ1n) is 10.8. The number of carboxylic acid groups (broad SMARTS) is 1. The number of pyridine rings is 1. The second kappa shape index (κ2) is 9.44. The van der Waals surface area contributed by atoms with E-state index in [0.717, 1.165) is 0 Å². The third kappa shape index (κ3) is 4.53. The maximum Gasteiger partial charge on any atom is 0.352 e. The molecule has 1 saturated heterocycles. The Morgan fingerprint density at radius 1 is 1.12 bits per heavy atom. The average molecular weight is 464 g/mol. The molecule has 34 heavy (non-hydrogen) atoms. The number of benzene rings is 1. The highest BCUT2D eigenvalue weighted by molar-refractivity contribution is 6.06. The highest BCUT2D eigenvalue weighted by atomic mass is 16.4. The predicted octanol–water partition coefficient (Wildman–Crippen LogP) is 0.786. The minimum Gasteiger partial charge on any atom is -0.477 e. The molecule has 2 aromatic rings. The van der Waals surface area contributed by atoms with Crippen molar-refractivity contribution in [3.05, 3.63) is 65.6 Å². The molecule has 2 aliphatic rings. The fourth-order valence-corrected chi connectivity index (χ4v) is 4.42. The lowest BCUT2D eigenvalue weighted by molar-refractivity contribution is -0.161. The third-order valence-corrected chi connectivity index (χ3v) is 6.01. The SMILES string of the molecule is C[C@@H](O)[C@H]1C(=O)N2C(C(=O)O)=C(c3ccc(CC(=O)NCC(=O)Nc4ccncc4)cc3)C[C@H]12. The molecule has 0 aliphatic carbocycles. The number of aliphatic hydroxyl groups excluding tert-OH is 1. The molecule has 0 saturated carbocycles. The minimum absolute atomic E-state index is 0.0466. The number of carbonyl (C=O) groups is 4. The van der Waals surface area contributed by atoms with Gasteiger partial charge in [0.05, 0.1) is 31.0 Å². The van der Waals surface area contributed by atoms with Crippen LogP contribution in [0.2, 0.25) is 0 Å². The Labute approximate surface area is 195 Å². The molecule has 10 heteroatoms. The Morgan fingerprint density at radius 3 is 2.41 bits per heavy atom. The highest BCUT2D eigenvalue weighted by Crippen LogP contribution is 2.46. The summed E-state index contributed by atoms with van der Waals surface area (Å²) < 4.78 is 0. The summed E-state index contributed by atoms with van der Waals surface area (Å²) in [5.41, 5.74) is 2.38. The number of rotatable bonds is 8. The number of β-lactam (4-membered cyclic amide) rings is 1. The number of hydrogen-bond acceptors (Lipinski definition) is 6. The van der Waals surface area contributed by atoms with Gasteiger partial charge in [-0.2, -0.15) is 0 Å². The zero-order valence-electron chi connectivity index (χ0n) is 18.4. The third-order valence-electron chi connectivity index (χ3n) is 6.01. The summed E-state index contributed by atoms with van der Waals surface area (Å²) in [5, 5.41) is 24.8. The molecule has 1 aromatic heterocycles. The fourth-order valence-electron chi connectivity index (χ4n) is 4.42. The van der Waals surface area contributed by atoms with Crippen molar-refractivity contribution in [3.8, 4) is 0 Å². The standard InChI is InChI=1S/C24H24N4O6/c1-13(29)21-18-11-17(22(24(33)34)28(18)23(21)32)15-4-2-14(3-5-15)10-19(30)26-12-20(31)27-16-6-8-25-9-7-16/h2-9,13,18,21,29H,10-12H2,1H3,(H,26,30)(H,33,34)(H,25,27,31)/t13-,18-,21-/m1/s1. The van der Waals surface area contributed by atoms with Crippen LogP contribution in [0.5, 0.6) is 0 Å². The fraction of sp³-hybridized carbons (Fsp3) is 0.292. The monoisotopic (exact) mass is 464 g/mol. The molecule has 10 nitrogen and oxygen atoms in total. The second-order valence-electron chi connectivity index (χ2n) is 8.31. The molecule has 176 valence electrons. The van der Waals surface area contributed by atoms with Gasteiger partial charge >= 0.3 is 5.97 Å².